The maximum atomic E-state index is 10.5. The minimum absolute atomic E-state index is 0.0666. The van der Waals surface area contributed by atoms with Crippen LogP contribution in [0.15, 0.2) is 58.3 Å². The molecule has 1 unspecified atom stereocenters. The van der Waals surface area contributed by atoms with Crippen LogP contribution >= 0.6 is 0 Å². The summed E-state index contributed by atoms with van der Waals surface area (Å²) < 4.78 is 59.1. The summed E-state index contributed by atoms with van der Waals surface area (Å²) in [5.41, 5.74) is 1.91. The molecule has 0 fully saturated rings. The summed E-state index contributed by atoms with van der Waals surface area (Å²) >= 11 is 0. The zero-order valence-corrected chi connectivity index (χ0v) is 17.3. The lowest BCUT2D eigenvalue weighted by atomic mass is 10.2. The molecule has 27 heavy (non-hydrogen) atoms. The van der Waals surface area contributed by atoms with Gasteiger partial charge in [-0.25, -0.2) is 0 Å². The summed E-state index contributed by atoms with van der Waals surface area (Å²) in [5.74, 6) is 0. The van der Waals surface area contributed by atoms with Crippen molar-refractivity contribution in [3.8, 4) is 0 Å². The first-order valence-corrected chi connectivity index (χ1v) is 10.9. The van der Waals surface area contributed by atoms with Gasteiger partial charge in [-0.2, -0.15) is 16.8 Å². The van der Waals surface area contributed by atoms with Gasteiger partial charge >= 0.3 is 0 Å². The number of rotatable bonds is 3. The first kappa shape index (κ1) is 25.2. The van der Waals surface area contributed by atoms with Crippen molar-refractivity contribution in [1.29, 1.82) is 0 Å². The molecule has 0 saturated heterocycles. The lowest BCUT2D eigenvalue weighted by molar-refractivity contribution is 0.191. The highest BCUT2D eigenvalue weighted by Crippen LogP contribution is 2.09. The Bertz CT molecular complexity index is 810. The van der Waals surface area contributed by atoms with E-state index in [0.717, 1.165) is 17.5 Å². The fourth-order valence-corrected chi connectivity index (χ4v) is 2.38. The van der Waals surface area contributed by atoms with Crippen molar-refractivity contribution in [2.45, 2.75) is 50.0 Å². The van der Waals surface area contributed by atoms with Crippen LogP contribution < -0.4 is 0 Å². The van der Waals surface area contributed by atoms with Gasteiger partial charge in [-0.1, -0.05) is 42.3 Å². The van der Waals surface area contributed by atoms with Gasteiger partial charge in [0.2, 0.25) is 0 Å². The zero-order valence-electron chi connectivity index (χ0n) is 15.7. The van der Waals surface area contributed by atoms with E-state index in [1.807, 2.05) is 20.8 Å². The van der Waals surface area contributed by atoms with Crippen LogP contribution in [0.3, 0.4) is 0 Å². The third-order valence-electron chi connectivity index (χ3n) is 3.23. The molecule has 0 saturated carbocycles. The van der Waals surface area contributed by atoms with Crippen molar-refractivity contribution < 1.29 is 31.0 Å². The van der Waals surface area contributed by atoms with E-state index >= 15 is 0 Å². The van der Waals surface area contributed by atoms with Crippen molar-refractivity contribution in [2.24, 2.45) is 0 Å². The molecule has 0 heterocycles. The molecule has 9 heteroatoms. The van der Waals surface area contributed by atoms with E-state index in [1.165, 1.54) is 24.3 Å². The van der Waals surface area contributed by atoms with Gasteiger partial charge in [-0.3, -0.25) is 9.11 Å². The van der Waals surface area contributed by atoms with Crippen molar-refractivity contribution in [3.63, 3.8) is 0 Å². The second kappa shape index (κ2) is 11.2. The lowest BCUT2D eigenvalue weighted by Crippen LogP contribution is -1.96. The van der Waals surface area contributed by atoms with E-state index in [1.54, 1.807) is 31.2 Å². The predicted octanol–water partition coefficient (Wildman–Crippen LogP) is 3.26. The van der Waals surface area contributed by atoms with Gasteiger partial charge in [0.05, 0.1) is 15.9 Å². The molecular formula is C18H26O7S2. The van der Waals surface area contributed by atoms with E-state index < -0.39 is 20.2 Å². The normalized spacial score (nSPS) is 12.1. The minimum Gasteiger partial charge on any atom is -0.393 e. The second-order valence-corrected chi connectivity index (χ2v) is 8.68. The summed E-state index contributed by atoms with van der Waals surface area (Å²) in [4.78, 5) is -0.133. The average Bonchev–Trinajstić information content (AvgIpc) is 2.55. The predicted molar refractivity (Wildman–Crippen MR) is 104 cm³/mol. The van der Waals surface area contributed by atoms with Crippen LogP contribution in [0, 0.1) is 13.8 Å². The van der Waals surface area contributed by atoms with Crippen molar-refractivity contribution >= 4 is 20.2 Å². The van der Waals surface area contributed by atoms with E-state index in [0.29, 0.717) is 0 Å². The minimum atomic E-state index is -4.02. The number of aliphatic hydroxyl groups excluding tert-OH is 1. The number of aryl methyl sites for hydroxylation is 2. The molecule has 0 aromatic heterocycles. The Balaban J connectivity index is 0.000000405. The molecule has 1 atom stereocenters. The Morgan fingerprint density at radius 1 is 0.741 bits per heavy atom. The molecule has 152 valence electrons. The third-order valence-corrected chi connectivity index (χ3v) is 4.96. The van der Waals surface area contributed by atoms with Gasteiger partial charge in [0.25, 0.3) is 20.2 Å². The summed E-state index contributed by atoms with van der Waals surface area (Å²) in [6.45, 7) is 7.41. The molecular weight excluding hydrogens is 392 g/mol. The zero-order chi connectivity index (χ0) is 21.3. The molecule has 0 amide bonds. The Morgan fingerprint density at radius 2 is 0.963 bits per heavy atom. The van der Waals surface area contributed by atoms with Crippen LogP contribution in [-0.2, 0) is 20.2 Å². The average molecular weight is 419 g/mol. The molecule has 0 bridgehead atoms. The smallest absolute Gasteiger partial charge is 0.294 e. The second-order valence-electron chi connectivity index (χ2n) is 5.83. The Kier molecular flexibility index (Phi) is 10.4. The monoisotopic (exact) mass is 418 g/mol. The summed E-state index contributed by atoms with van der Waals surface area (Å²) in [6.07, 6.45) is 0.745. The van der Waals surface area contributed by atoms with Crippen molar-refractivity contribution in [1.82, 2.24) is 0 Å². The lowest BCUT2D eigenvalue weighted by Gasteiger charge is -1.95. The molecule has 3 N–H and O–H groups in total. The SMILES string of the molecule is CCC(C)O.Cc1ccc(S(=O)(=O)O)cc1.Cc1ccc(S(=O)(=O)O)cc1. The summed E-state index contributed by atoms with van der Waals surface area (Å²) in [5, 5.41) is 8.36. The van der Waals surface area contributed by atoms with Gasteiger partial charge in [-0.15, -0.1) is 0 Å². The van der Waals surface area contributed by atoms with Crippen molar-refractivity contribution in [2.75, 3.05) is 0 Å². The molecule has 0 aliphatic carbocycles. The Morgan fingerprint density at radius 3 is 1.11 bits per heavy atom. The number of hydrogen-bond acceptors (Lipinski definition) is 5. The molecule has 2 aromatic rings. The van der Waals surface area contributed by atoms with E-state index in [9.17, 15) is 16.8 Å². The Labute approximate surface area is 161 Å². The molecule has 0 aliphatic heterocycles. The maximum Gasteiger partial charge on any atom is 0.294 e. The van der Waals surface area contributed by atoms with Crippen LogP contribution in [-0.4, -0.2) is 37.2 Å². The summed E-state index contributed by atoms with van der Waals surface area (Å²) in [7, 11) is -8.04. The first-order valence-electron chi connectivity index (χ1n) is 8.03. The van der Waals surface area contributed by atoms with Gasteiger partial charge in [-0.05, 0) is 51.5 Å². The van der Waals surface area contributed by atoms with E-state index in [4.69, 9.17) is 14.2 Å². The van der Waals surface area contributed by atoms with Crippen LogP contribution in [0.1, 0.15) is 31.4 Å². The Hall–Kier alpha value is -1.78. The van der Waals surface area contributed by atoms with Crippen LogP contribution in [0.4, 0.5) is 0 Å². The largest absolute Gasteiger partial charge is 0.393 e. The fourth-order valence-electron chi connectivity index (χ4n) is 1.42. The number of hydrogen-bond donors (Lipinski definition) is 3. The van der Waals surface area contributed by atoms with E-state index in [-0.39, 0.29) is 15.9 Å². The van der Waals surface area contributed by atoms with Gasteiger partial charge in [0.15, 0.2) is 0 Å². The van der Waals surface area contributed by atoms with Gasteiger partial charge in [0, 0.05) is 0 Å². The highest BCUT2D eigenvalue weighted by atomic mass is 32.2. The van der Waals surface area contributed by atoms with Crippen LogP contribution in [0.5, 0.6) is 0 Å². The van der Waals surface area contributed by atoms with E-state index in [2.05, 4.69) is 0 Å². The highest BCUT2D eigenvalue weighted by Gasteiger charge is 2.07. The molecule has 0 aliphatic rings. The number of benzene rings is 2. The quantitative estimate of drug-likeness (QED) is 0.652. The van der Waals surface area contributed by atoms with Gasteiger partial charge < -0.3 is 5.11 Å². The molecule has 7 nitrogen and oxygen atoms in total. The van der Waals surface area contributed by atoms with Crippen molar-refractivity contribution in [3.05, 3.63) is 59.7 Å². The first-order chi connectivity index (χ1) is 12.3. The molecule has 0 radical (unpaired) electrons. The maximum absolute atomic E-state index is 10.5. The van der Waals surface area contributed by atoms with Gasteiger partial charge in [0.1, 0.15) is 0 Å². The van der Waals surface area contributed by atoms with Crippen LogP contribution in [0.25, 0.3) is 0 Å². The standard InChI is InChI=1S/2C7H8O3S.C4H10O/c2*1-6-2-4-7(5-3-6)11(8,9)10;1-3-4(2)5/h2*2-5H,1H3,(H,8,9,10);4-5H,3H2,1-2H3. The molecule has 2 rings (SSSR count). The third kappa shape index (κ3) is 11.5. The number of aliphatic hydroxyl groups is 1. The highest BCUT2D eigenvalue weighted by molar-refractivity contribution is 7.86. The molecule has 0 spiro atoms. The van der Waals surface area contributed by atoms with Crippen LogP contribution in [0.2, 0.25) is 0 Å². The summed E-state index contributed by atoms with van der Waals surface area (Å²) in [6, 6.07) is 12.0. The molecule has 2 aromatic carbocycles. The topological polar surface area (TPSA) is 129 Å². The fraction of sp³-hybridized carbons (Fsp3) is 0.333.